The Morgan fingerprint density at radius 3 is 2.85 bits per heavy atom. The molecule has 1 amide bonds. The first-order valence-corrected chi connectivity index (χ1v) is 8.57. The molecule has 1 aliphatic heterocycles. The average molecular weight is 354 g/mol. The molecule has 2 heterocycles. The van der Waals surface area contributed by atoms with Gasteiger partial charge in [-0.25, -0.2) is 4.79 Å². The van der Waals surface area contributed by atoms with E-state index in [1.54, 1.807) is 13.3 Å². The van der Waals surface area contributed by atoms with Gasteiger partial charge in [0.05, 0.1) is 19.8 Å². The van der Waals surface area contributed by atoms with Gasteiger partial charge < -0.3 is 14.4 Å². The molecule has 0 radical (unpaired) electrons. The maximum atomic E-state index is 12.6. The summed E-state index contributed by atoms with van der Waals surface area (Å²) in [7, 11) is 2.99. The molecule has 0 saturated heterocycles. The number of hydrogen-bond donors (Lipinski definition) is 0. The summed E-state index contributed by atoms with van der Waals surface area (Å²) in [5.74, 6) is 0.511. The summed E-state index contributed by atoms with van der Waals surface area (Å²) in [5.41, 5.74) is 3.41. The lowest BCUT2D eigenvalue weighted by atomic mass is 9.96. The van der Waals surface area contributed by atoms with Crippen LogP contribution in [0.3, 0.4) is 0 Å². The van der Waals surface area contributed by atoms with Crippen LogP contribution in [-0.4, -0.2) is 42.5 Å². The molecule has 6 heteroatoms. The molecule has 26 heavy (non-hydrogen) atoms. The summed E-state index contributed by atoms with van der Waals surface area (Å²) in [6, 6.07) is 7.76. The molecule has 3 rings (SSSR count). The summed E-state index contributed by atoms with van der Waals surface area (Å²) in [6.07, 6.45) is 4.99. The number of aryl methyl sites for hydroxylation is 1. The normalized spacial score (nSPS) is 13.1. The van der Waals surface area contributed by atoms with E-state index in [-0.39, 0.29) is 11.9 Å². The van der Waals surface area contributed by atoms with Crippen LogP contribution in [0.4, 0.5) is 0 Å². The van der Waals surface area contributed by atoms with Gasteiger partial charge in [0.1, 0.15) is 5.75 Å². The van der Waals surface area contributed by atoms with E-state index in [1.165, 1.54) is 13.3 Å². The van der Waals surface area contributed by atoms with Crippen LogP contribution in [-0.2, 0) is 28.9 Å². The summed E-state index contributed by atoms with van der Waals surface area (Å²) in [6.45, 7) is 1.07. The Labute approximate surface area is 152 Å². The Balaban J connectivity index is 1.65. The van der Waals surface area contributed by atoms with Crippen LogP contribution in [0.2, 0.25) is 0 Å². The van der Waals surface area contributed by atoms with Crippen molar-refractivity contribution in [2.24, 2.45) is 0 Å². The molecule has 1 aromatic carbocycles. The van der Waals surface area contributed by atoms with Gasteiger partial charge in [0, 0.05) is 31.9 Å². The summed E-state index contributed by atoms with van der Waals surface area (Å²) < 4.78 is 10.0. The first-order chi connectivity index (χ1) is 12.6. The summed E-state index contributed by atoms with van der Waals surface area (Å²) >= 11 is 0. The number of carbonyl (C=O) groups is 2. The highest BCUT2D eigenvalue weighted by atomic mass is 16.5. The average Bonchev–Trinajstić information content (AvgIpc) is 2.70. The van der Waals surface area contributed by atoms with Crippen molar-refractivity contribution in [3.05, 3.63) is 58.9 Å². The van der Waals surface area contributed by atoms with E-state index < -0.39 is 0 Å². The Bertz CT molecular complexity index is 819. The van der Waals surface area contributed by atoms with Crippen molar-refractivity contribution in [2.45, 2.75) is 25.8 Å². The zero-order chi connectivity index (χ0) is 18.5. The van der Waals surface area contributed by atoms with E-state index in [1.807, 2.05) is 29.2 Å². The molecular formula is C20H22N2O4. The quantitative estimate of drug-likeness (QED) is 0.771. The third kappa shape index (κ3) is 3.85. The van der Waals surface area contributed by atoms with E-state index in [0.717, 1.165) is 22.4 Å². The predicted octanol–water partition coefficient (Wildman–Crippen LogP) is 2.39. The molecular weight excluding hydrogens is 332 g/mol. The van der Waals surface area contributed by atoms with Gasteiger partial charge in [0.25, 0.3) is 0 Å². The van der Waals surface area contributed by atoms with E-state index >= 15 is 0 Å². The number of hydrogen-bond acceptors (Lipinski definition) is 5. The lowest BCUT2D eigenvalue weighted by Crippen LogP contribution is -2.36. The molecule has 0 bridgehead atoms. The minimum atomic E-state index is -0.382. The van der Waals surface area contributed by atoms with Gasteiger partial charge in [-0.05, 0) is 41.7 Å². The monoisotopic (exact) mass is 354 g/mol. The van der Waals surface area contributed by atoms with Crippen LogP contribution in [0.25, 0.3) is 0 Å². The molecule has 0 spiro atoms. The number of aromatic nitrogens is 1. The molecule has 0 N–H and O–H groups in total. The SMILES string of the molecule is COC(=O)c1cncc2c1CCN(C(=O)CCc1cccc(OC)c1)C2. The number of nitrogens with zero attached hydrogens (tertiary/aromatic N) is 2. The number of esters is 1. The van der Waals surface area contributed by atoms with Crippen molar-refractivity contribution in [3.8, 4) is 5.75 Å². The first kappa shape index (κ1) is 17.9. The zero-order valence-corrected chi connectivity index (χ0v) is 15.0. The van der Waals surface area contributed by atoms with Gasteiger partial charge >= 0.3 is 5.97 Å². The number of rotatable bonds is 5. The minimum absolute atomic E-state index is 0.0990. The zero-order valence-electron chi connectivity index (χ0n) is 15.0. The van der Waals surface area contributed by atoms with Crippen LogP contribution in [0, 0.1) is 0 Å². The fourth-order valence-corrected chi connectivity index (χ4v) is 3.23. The Morgan fingerprint density at radius 2 is 2.08 bits per heavy atom. The fourth-order valence-electron chi connectivity index (χ4n) is 3.23. The maximum Gasteiger partial charge on any atom is 0.339 e. The molecule has 0 aliphatic carbocycles. The lowest BCUT2D eigenvalue weighted by Gasteiger charge is -2.29. The Hall–Kier alpha value is -2.89. The van der Waals surface area contributed by atoms with Crippen LogP contribution in [0.1, 0.15) is 33.5 Å². The third-order valence-electron chi connectivity index (χ3n) is 4.66. The van der Waals surface area contributed by atoms with E-state index in [9.17, 15) is 9.59 Å². The number of methoxy groups -OCH3 is 2. The van der Waals surface area contributed by atoms with Gasteiger partial charge in [-0.2, -0.15) is 0 Å². The van der Waals surface area contributed by atoms with E-state index in [0.29, 0.717) is 37.9 Å². The Morgan fingerprint density at radius 1 is 1.23 bits per heavy atom. The highest BCUT2D eigenvalue weighted by Gasteiger charge is 2.25. The lowest BCUT2D eigenvalue weighted by molar-refractivity contribution is -0.132. The minimum Gasteiger partial charge on any atom is -0.497 e. The molecule has 0 unspecified atom stereocenters. The molecule has 1 aromatic heterocycles. The van der Waals surface area contributed by atoms with Crippen LogP contribution in [0.15, 0.2) is 36.7 Å². The van der Waals surface area contributed by atoms with Crippen molar-refractivity contribution in [2.75, 3.05) is 20.8 Å². The smallest absolute Gasteiger partial charge is 0.339 e. The van der Waals surface area contributed by atoms with Crippen LogP contribution >= 0.6 is 0 Å². The predicted molar refractivity (Wildman–Crippen MR) is 96.0 cm³/mol. The fraction of sp³-hybridized carbons (Fsp3) is 0.350. The summed E-state index contributed by atoms with van der Waals surface area (Å²) in [5, 5.41) is 0. The van der Waals surface area contributed by atoms with Gasteiger partial charge in [0.15, 0.2) is 0 Å². The van der Waals surface area contributed by atoms with Gasteiger partial charge in [0.2, 0.25) is 5.91 Å². The standard InChI is InChI=1S/C20H22N2O4/c1-25-16-5-3-4-14(10-16)6-7-19(23)22-9-8-17-15(13-22)11-21-12-18(17)20(24)26-2/h3-5,10-12H,6-9,13H2,1-2H3. The second-order valence-electron chi connectivity index (χ2n) is 6.23. The highest BCUT2D eigenvalue weighted by Crippen LogP contribution is 2.23. The van der Waals surface area contributed by atoms with Crippen molar-refractivity contribution < 1.29 is 19.1 Å². The number of carbonyl (C=O) groups excluding carboxylic acids is 2. The topological polar surface area (TPSA) is 68.7 Å². The van der Waals surface area contributed by atoms with Crippen molar-refractivity contribution in [3.63, 3.8) is 0 Å². The number of amides is 1. The molecule has 2 aromatic rings. The van der Waals surface area contributed by atoms with Crippen LogP contribution in [0.5, 0.6) is 5.75 Å². The first-order valence-electron chi connectivity index (χ1n) is 8.57. The molecule has 1 aliphatic rings. The Kier molecular flexibility index (Phi) is 5.51. The van der Waals surface area contributed by atoms with Crippen molar-refractivity contribution >= 4 is 11.9 Å². The number of fused-ring (bicyclic) bond motifs is 1. The molecule has 0 fully saturated rings. The van der Waals surface area contributed by atoms with Gasteiger partial charge in [-0.3, -0.25) is 9.78 Å². The summed E-state index contributed by atoms with van der Waals surface area (Å²) in [4.78, 5) is 30.4. The molecule has 6 nitrogen and oxygen atoms in total. The van der Waals surface area contributed by atoms with E-state index in [4.69, 9.17) is 9.47 Å². The van der Waals surface area contributed by atoms with Crippen molar-refractivity contribution in [1.82, 2.24) is 9.88 Å². The number of pyridine rings is 1. The second-order valence-corrected chi connectivity index (χ2v) is 6.23. The van der Waals surface area contributed by atoms with Gasteiger partial charge in [-0.1, -0.05) is 12.1 Å². The van der Waals surface area contributed by atoms with Crippen molar-refractivity contribution in [1.29, 1.82) is 0 Å². The number of benzene rings is 1. The maximum absolute atomic E-state index is 12.6. The van der Waals surface area contributed by atoms with Crippen LogP contribution < -0.4 is 4.74 Å². The van der Waals surface area contributed by atoms with Gasteiger partial charge in [-0.15, -0.1) is 0 Å². The number of ether oxygens (including phenoxy) is 2. The highest BCUT2D eigenvalue weighted by molar-refractivity contribution is 5.91. The molecule has 136 valence electrons. The largest absolute Gasteiger partial charge is 0.497 e. The molecule has 0 atom stereocenters. The second kappa shape index (κ2) is 7.99. The third-order valence-corrected chi connectivity index (χ3v) is 4.66. The van der Waals surface area contributed by atoms with E-state index in [2.05, 4.69) is 4.98 Å². The molecule has 0 saturated carbocycles.